The highest BCUT2D eigenvalue weighted by molar-refractivity contribution is 7.71. The molecule has 6 heteroatoms. The lowest BCUT2D eigenvalue weighted by molar-refractivity contribution is 0.0937. The van der Waals surface area contributed by atoms with Crippen molar-refractivity contribution in [1.29, 1.82) is 0 Å². The third-order valence-corrected chi connectivity index (χ3v) is 3.18. The first-order valence-electron chi connectivity index (χ1n) is 6.25. The number of amides is 1. The highest BCUT2D eigenvalue weighted by Gasteiger charge is 2.16. The summed E-state index contributed by atoms with van der Waals surface area (Å²) in [6.07, 6.45) is 1.74. The van der Waals surface area contributed by atoms with Gasteiger partial charge in [0.05, 0.1) is 6.04 Å². The van der Waals surface area contributed by atoms with Gasteiger partial charge in [0.15, 0.2) is 10.6 Å². The topological polar surface area (TPSA) is 62.7 Å². The van der Waals surface area contributed by atoms with E-state index in [9.17, 15) is 4.79 Å². The monoisotopic (exact) mass is 288 g/mol. The van der Waals surface area contributed by atoms with E-state index in [2.05, 4.69) is 22.1 Å². The molecule has 0 aliphatic rings. The molecule has 0 aliphatic carbocycles. The van der Waals surface area contributed by atoms with Crippen molar-refractivity contribution in [3.05, 3.63) is 59.1 Å². The molecule has 1 aromatic carbocycles. The van der Waals surface area contributed by atoms with E-state index in [-0.39, 0.29) is 11.9 Å². The van der Waals surface area contributed by atoms with Gasteiger partial charge in [-0.25, -0.2) is 0 Å². The van der Waals surface area contributed by atoms with Crippen LogP contribution >= 0.6 is 12.2 Å². The highest BCUT2D eigenvalue weighted by Crippen LogP contribution is 2.11. The Balaban J connectivity index is 2.16. The van der Waals surface area contributed by atoms with Gasteiger partial charge in [-0.2, -0.15) is 5.10 Å². The maximum atomic E-state index is 12.1. The summed E-state index contributed by atoms with van der Waals surface area (Å²) in [5.41, 5.74) is 0.615. The van der Waals surface area contributed by atoms with Gasteiger partial charge in [-0.15, -0.1) is 6.58 Å². The number of hydrogen-bond donors (Lipinski definition) is 2. The maximum Gasteiger partial charge on any atom is 0.251 e. The Labute approximate surface area is 122 Å². The Morgan fingerprint density at radius 1 is 1.55 bits per heavy atom. The second-order valence-electron chi connectivity index (χ2n) is 4.35. The summed E-state index contributed by atoms with van der Waals surface area (Å²) in [5.74, 6) is 0.538. The summed E-state index contributed by atoms with van der Waals surface area (Å²) in [6, 6.07) is 8.80. The van der Waals surface area contributed by atoms with Crippen LogP contribution in [-0.2, 0) is 6.54 Å². The number of allylic oxidation sites excluding steroid dienone is 1. The van der Waals surface area contributed by atoms with E-state index in [4.69, 9.17) is 12.2 Å². The third kappa shape index (κ3) is 3.03. The molecular formula is C14H16N4OS. The molecule has 0 radical (unpaired) electrons. The van der Waals surface area contributed by atoms with Crippen molar-refractivity contribution in [3.8, 4) is 0 Å². The van der Waals surface area contributed by atoms with Crippen LogP contribution in [0.4, 0.5) is 0 Å². The number of rotatable bonds is 5. The van der Waals surface area contributed by atoms with E-state index in [0.717, 1.165) is 0 Å². The van der Waals surface area contributed by atoms with Crippen molar-refractivity contribution in [2.24, 2.45) is 0 Å². The summed E-state index contributed by atoms with van der Waals surface area (Å²) in [6.45, 7) is 6.11. The fourth-order valence-corrected chi connectivity index (χ4v) is 2.11. The van der Waals surface area contributed by atoms with Crippen molar-refractivity contribution in [2.45, 2.75) is 19.5 Å². The first-order valence-corrected chi connectivity index (χ1v) is 6.66. The van der Waals surface area contributed by atoms with E-state index in [1.54, 1.807) is 22.8 Å². The van der Waals surface area contributed by atoms with E-state index in [1.165, 1.54) is 0 Å². The van der Waals surface area contributed by atoms with Crippen LogP contribution in [0.25, 0.3) is 0 Å². The summed E-state index contributed by atoms with van der Waals surface area (Å²) < 4.78 is 2.32. The normalized spacial score (nSPS) is 11.8. The van der Waals surface area contributed by atoms with E-state index in [0.29, 0.717) is 22.7 Å². The Hall–Kier alpha value is -2.21. The molecule has 104 valence electrons. The molecule has 1 heterocycles. The molecule has 1 aromatic heterocycles. The summed E-state index contributed by atoms with van der Waals surface area (Å²) in [7, 11) is 0. The Bertz CT molecular complexity index is 659. The fourth-order valence-electron chi connectivity index (χ4n) is 1.90. The molecule has 0 saturated carbocycles. The molecule has 2 N–H and O–H groups in total. The minimum atomic E-state index is -0.254. The molecule has 20 heavy (non-hydrogen) atoms. The number of nitrogens with zero attached hydrogens (tertiary/aromatic N) is 2. The van der Waals surface area contributed by atoms with Crippen molar-refractivity contribution < 1.29 is 4.79 Å². The Morgan fingerprint density at radius 3 is 2.90 bits per heavy atom. The van der Waals surface area contributed by atoms with Crippen LogP contribution in [0.1, 0.15) is 29.1 Å². The Morgan fingerprint density at radius 2 is 2.25 bits per heavy atom. The SMILES string of the molecule is C=CCn1c([C@@H](C)NC(=O)c2ccccc2)n[nH]c1=S. The number of H-pyrrole nitrogens is 1. The van der Waals surface area contributed by atoms with Crippen LogP contribution in [-0.4, -0.2) is 20.7 Å². The predicted molar refractivity (Wildman–Crippen MR) is 79.9 cm³/mol. The van der Waals surface area contributed by atoms with Crippen LogP contribution < -0.4 is 5.32 Å². The average Bonchev–Trinajstić information content (AvgIpc) is 2.82. The van der Waals surface area contributed by atoms with Crippen molar-refractivity contribution in [3.63, 3.8) is 0 Å². The molecule has 0 fully saturated rings. The smallest absolute Gasteiger partial charge is 0.251 e. The number of carbonyl (C=O) groups excluding carboxylic acids is 1. The lowest BCUT2D eigenvalue weighted by atomic mass is 10.2. The second kappa shape index (κ2) is 6.29. The zero-order chi connectivity index (χ0) is 14.5. The van der Waals surface area contributed by atoms with E-state index in [1.807, 2.05) is 25.1 Å². The van der Waals surface area contributed by atoms with Crippen LogP contribution in [0.5, 0.6) is 0 Å². The van der Waals surface area contributed by atoms with Crippen LogP contribution in [0.15, 0.2) is 43.0 Å². The van der Waals surface area contributed by atoms with Gasteiger partial charge in [-0.3, -0.25) is 14.5 Å². The van der Waals surface area contributed by atoms with Gasteiger partial charge in [0.25, 0.3) is 5.91 Å². The van der Waals surface area contributed by atoms with Crippen molar-refractivity contribution in [1.82, 2.24) is 20.1 Å². The zero-order valence-corrected chi connectivity index (χ0v) is 12.0. The molecule has 1 amide bonds. The molecule has 0 spiro atoms. The molecule has 5 nitrogen and oxygen atoms in total. The lowest BCUT2D eigenvalue weighted by Crippen LogP contribution is -2.28. The summed E-state index contributed by atoms with van der Waals surface area (Å²) >= 11 is 5.15. The first kappa shape index (κ1) is 14.2. The molecule has 0 unspecified atom stereocenters. The molecule has 1 atom stereocenters. The van der Waals surface area contributed by atoms with Gasteiger partial charge < -0.3 is 5.32 Å². The van der Waals surface area contributed by atoms with Crippen LogP contribution in [0.3, 0.4) is 0 Å². The predicted octanol–water partition coefficient (Wildman–Crippen LogP) is 2.62. The number of nitrogens with one attached hydrogen (secondary N) is 2. The molecule has 0 bridgehead atoms. The quantitative estimate of drug-likeness (QED) is 0.656. The van der Waals surface area contributed by atoms with Gasteiger partial charge in [-0.05, 0) is 31.3 Å². The van der Waals surface area contributed by atoms with Gasteiger partial charge in [0, 0.05) is 12.1 Å². The van der Waals surface area contributed by atoms with Gasteiger partial charge in [0.1, 0.15) is 0 Å². The second-order valence-corrected chi connectivity index (χ2v) is 4.73. The molecule has 2 aromatic rings. The van der Waals surface area contributed by atoms with E-state index >= 15 is 0 Å². The maximum absolute atomic E-state index is 12.1. The number of aromatic amines is 1. The first-order chi connectivity index (χ1) is 9.63. The van der Waals surface area contributed by atoms with E-state index < -0.39 is 0 Å². The number of hydrogen-bond acceptors (Lipinski definition) is 3. The van der Waals surface area contributed by atoms with Gasteiger partial charge in [0.2, 0.25) is 0 Å². The highest BCUT2D eigenvalue weighted by atomic mass is 32.1. The number of benzene rings is 1. The van der Waals surface area contributed by atoms with Crippen LogP contribution in [0.2, 0.25) is 0 Å². The largest absolute Gasteiger partial charge is 0.342 e. The standard InChI is InChI=1S/C14H16N4OS/c1-3-9-18-12(16-17-14(18)20)10(2)15-13(19)11-7-5-4-6-8-11/h3-8,10H,1,9H2,2H3,(H,15,19)(H,17,20)/t10-/m1/s1. The number of carbonyl (C=O) groups is 1. The molecular weight excluding hydrogens is 272 g/mol. The molecule has 0 aliphatic heterocycles. The number of aromatic nitrogens is 3. The van der Waals surface area contributed by atoms with Gasteiger partial charge >= 0.3 is 0 Å². The third-order valence-electron chi connectivity index (χ3n) is 2.87. The minimum Gasteiger partial charge on any atom is -0.342 e. The molecule has 0 saturated heterocycles. The summed E-state index contributed by atoms with van der Waals surface area (Å²) in [4.78, 5) is 12.1. The van der Waals surface area contributed by atoms with Gasteiger partial charge in [-0.1, -0.05) is 24.3 Å². The van der Waals surface area contributed by atoms with Crippen LogP contribution in [0, 0.1) is 4.77 Å². The summed E-state index contributed by atoms with van der Waals surface area (Å²) in [5, 5.41) is 9.80. The van der Waals surface area contributed by atoms with Crippen molar-refractivity contribution in [2.75, 3.05) is 0 Å². The molecule has 2 rings (SSSR count). The zero-order valence-electron chi connectivity index (χ0n) is 11.2. The lowest BCUT2D eigenvalue weighted by Gasteiger charge is -2.14. The Kier molecular flexibility index (Phi) is 4.47. The minimum absolute atomic E-state index is 0.142. The average molecular weight is 288 g/mol. The fraction of sp³-hybridized carbons (Fsp3) is 0.214. The van der Waals surface area contributed by atoms with Crippen molar-refractivity contribution >= 4 is 18.1 Å².